The van der Waals surface area contributed by atoms with Crippen molar-refractivity contribution in [1.29, 1.82) is 0 Å². The van der Waals surface area contributed by atoms with E-state index in [4.69, 9.17) is 68.1 Å². The number of nitrogens with two attached hydrogens (primary N) is 2. The second-order valence-electron chi connectivity index (χ2n) is 19.8. The summed E-state index contributed by atoms with van der Waals surface area (Å²) in [4.78, 5) is 49.2. The Hall–Kier alpha value is -3.56. The van der Waals surface area contributed by atoms with Crippen LogP contribution in [0.5, 0.6) is 0 Å². The first-order valence-electron chi connectivity index (χ1n) is 24.9. The standard InChI is InChI=1S/C38H61N3O44S4/c1-5(43)41-11-14(46)22(7(73-33(11)58)3-71-86(59,60)61)78-38-27(85-89(68,69)70)19(51)24(29(83-38)32(56)57)80-34-9(39)12(44)20(6(2-42)74-34)76-36-18(50)17(49)23(28(82-36)31(54)55)79-35-10(40)13(45)21(8(75-35)4-72-87(62,63)64)77-37-26(84-88(65,66)67)16(48)15(47)25(81-37)30(52)53/h6-29,33-38,42,44-51,58H,2-4,39-40H2,1H3,(H,41,43)(H,52,53)(H,54,55)(H,56,57)(H,59,60,61)(H,62,63,64)(H,65,66,67)(H,68,69,70)/t6-,7-,8-,9-,10-,11-,12-,13-,14-,15+,16+,17-,18-,19+,20-,21-,22-,23+,24+,25-,26-,27-,28-,29-,33+,34-,35-,36-,37-,38-/m1/s1. The number of hydrogen-bond donors (Lipinski definition) is 20. The fourth-order valence-electron chi connectivity index (χ4n) is 9.67. The van der Waals surface area contributed by atoms with Crippen LogP contribution in [0.25, 0.3) is 0 Å². The van der Waals surface area contributed by atoms with Crippen molar-refractivity contribution in [3.63, 3.8) is 0 Å². The van der Waals surface area contributed by atoms with Gasteiger partial charge in [0.1, 0.15) is 104 Å². The second-order valence-corrected chi connectivity index (χ2v) is 24.1. The molecule has 6 saturated heterocycles. The van der Waals surface area contributed by atoms with Crippen LogP contribution in [-0.4, -0.2) is 346 Å². The number of carbonyl (C=O) groups is 4. The zero-order chi connectivity index (χ0) is 67.1. The summed E-state index contributed by atoms with van der Waals surface area (Å²) in [5.74, 6) is -7.26. The number of aliphatic hydroxyl groups excluding tert-OH is 10. The SMILES string of the molecule is CC(=O)N[C@@H]1[C@@H](O)[C@H](O[C@@H]2O[C@@H](C(=O)O)[C@@H](O[C@H]3O[C@H](CO)[C@@H](O[C@@H]4O[C@@H](C(=O)O)[C@@H](O[C@H]5O[C@H](COS(=O)(=O)O)[C@@H](O[C@@H]6O[C@@H](C(=O)O)[C@@H](O)[C@H](O)[C@H]6OS(=O)(=O)O)[C@H](O)[C@H]5N)[C@H](O)[C@H]4O)[C@H](O)[C@H]3N)[C@H](O)[C@H]2OS(=O)(=O)O)[C@@H](COS(=O)(=O)O)O[C@@H]1O. The molecule has 22 N–H and O–H groups in total. The van der Waals surface area contributed by atoms with E-state index >= 15 is 0 Å². The minimum atomic E-state index is -5.83. The molecule has 0 radical (unpaired) electrons. The largest absolute Gasteiger partial charge is 0.479 e. The molecule has 30 atom stereocenters. The van der Waals surface area contributed by atoms with Crippen molar-refractivity contribution in [1.82, 2.24) is 5.32 Å². The molecule has 0 aliphatic carbocycles. The van der Waals surface area contributed by atoms with Crippen LogP contribution in [0.1, 0.15) is 6.92 Å². The minimum absolute atomic E-state index is 0.879. The van der Waals surface area contributed by atoms with Crippen LogP contribution in [0.3, 0.4) is 0 Å². The van der Waals surface area contributed by atoms with Gasteiger partial charge in [-0.2, -0.15) is 33.7 Å². The molecule has 6 fully saturated rings. The highest BCUT2D eigenvalue weighted by Crippen LogP contribution is 2.38. The van der Waals surface area contributed by atoms with Crippen LogP contribution in [0.4, 0.5) is 0 Å². The molecule has 1 amide bonds. The number of ether oxygens (including phenoxy) is 11. The van der Waals surface area contributed by atoms with Crippen molar-refractivity contribution in [3.8, 4) is 0 Å². The quantitative estimate of drug-likeness (QED) is 0.0377. The number of rotatable bonds is 25. The van der Waals surface area contributed by atoms with Gasteiger partial charge in [0, 0.05) is 6.92 Å². The third-order valence-corrected chi connectivity index (χ3v) is 15.5. The van der Waals surface area contributed by atoms with Gasteiger partial charge in [-0.15, -0.1) is 0 Å². The summed E-state index contributed by atoms with van der Waals surface area (Å²) in [7, 11) is -22.4. The van der Waals surface area contributed by atoms with Gasteiger partial charge in [0.05, 0.1) is 31.9 Å². The van der Waals surface area contributed by atoms with Crippen LogP contribution in [0.2, 0.25) is 0 Å². The van der Waals surface area contributed by atoms with Gasteiger partial charge in [0.15, 0.2) is 68.3 Å². The second kappa shape index (κ2) is 29.4. The molecule has 51 heteroatoms. The molecule has 0 aromatic rings. The Morgan fingerprint density at radius 3 is 1.20 bits per heavy atom. The third kappa shape index (κ3) is 18.4. The summed E-state index contributed by atoms with van der Waals surface area (Å²) < 4.78 is 208. The lowest BCUT2D eigenvalue weighted by Gasteiger charge is -2.50. The van der Waals surface area contributed by atoms with Gasteiger partial charge in [0.2, 0.25) is 5.91 Å². The number of aliphatic hydroxyl groups is 10. The van der Waals surface area contributed by atoms with Gasteiger partial charge in [-0.25, -0.2) is 31.1 Å². The fourth-order valence-corrected chi connectivity index (χ4v) is 11.3. The fraction of sp³-hybridized carbons (Fsp3) is 0.895. The summed E-state index contributed by atoms with van der Waals surface area (Å²) in [5.41, 5.74) is 12.3. The third-order valence-electron chi connectivity index (χ3n) is 13.7. The van der Waals surface area contributed by atoms with Crippen molar-refractivity contribution in [3.05, 3.63) is 0 Å². The number of amides is 1. The summed E-state index contributed by atoms with van der Waals surface area (Å²) in [6.45, 7) is -3.34. The zero-order valence-corrected chi connectivity index (χ0v) is 47.6. The molecule has 47 nitrogen and oxygen atoms in total. The average molecular weight is 1390 g/mol. The lowest BCUT2D eigenvalue weighted by atomic mass is 9.94. The number of hydrogen-bond acceptors (Lipinski definition) is 39. The van der Waals surface area contributed by atoms with Gasteiger partial charge >= 0.3 is 59.5 Å². The molecule has 516 valence electrons. The van der Waals surface area contributed by atoms with Gasteiger partial charge in [0.25, 0.3) is 0 Å². The number of aliphatic carboxylic acids is 3. The predicted molar refractivity (Wildman–Crippen MR) is 258 cm³/mol. The van der Waals surface area contributed by atoms with E-state index < -0.39 is 269 Å². The maximum Gasteiger partial charge on any atom is 0.397 e. The topological polar surface area (TPSA) is 751 Å². The Morgan fingerprint density at radius 1 is 0.416 bits per heavy atom. The van der Waals surface area contributed by atoms with E-state index in [0.717, 1.165) is 6.92 Å². The molecule has 0 bridgehead atoms. The van der Waals surface area contributed by atoms with E-state index in [9.17, 15) is 133 Å². The van der Waals surface area contributed by atoms with E-state index in [-0.39, 0.29) is 0 Å². The van der Waals surface area contributed by atoms with Crippen LogP contribution < -0.4 is 16.8 Å². The van der Waals surface area contributed by atoms with Crippen molar-refractivity contribution >= 4 is 65.4 Å². The molecule has 6 rings (SSSR count). The molecule has 0 spiro atoms. The summed E-state index contributed by atoms with van der Waals surface area (Å²) in [6, 6.07) is -6.26. The normalized spacial score (nSPS) is 43.6. The molecule has 6 aliphatic heterocycles. The Balaban J connectivity index is 1.20. The van der Waals surface area contributed by atoms with Crippen molar-refractivity contribution in [2.45, 2.75) is 191 Å². The highest BCUT2D eigenvalue weighted by molar-refractivity contribution is 7.81. The number of carbonyl (C=O) groups excluding carboxylic acids is 1. The van der Waals surface area contributed by atoms with E-state index in [1.54, 1.807) is 0 Å². The highest BCUT2D eigenvalue weighted by atomic mass is 32.3. The van der Waals surface area contributed by atoms with E-state index in [1.165, 1.54) is 0 Å². The van der Waals surface area contributed by atoms with Crippen LogP contribution in [0, 0.1) is 0 Å². The molecule has 6 heterocycles. The summed E-state index contributed by atoms with van der Waals surface area (Å²) in [5, 5.41) is 142. The number of nitrogens with one attached hydrogen (secondary N) is 1. The average Bonchev–Trinajstić information content (AvgIpc) is 0.912. The first-order chi connectivity index (χ1) is 40.9. The molecule has 0 aromatic heterocycles. The molecule has 0 saturated carbocycles. The van der Waals surface area contributed by atoms with Crippen LogP contribution in [-0.2, 0) is 130 Å². The molecule has 0 unspecified atom stereocenters. The first-order valence-corrected chi connectivity index (χ1v) is 30.3. The number of carboxylic acids is 3. The Bertz CT molecular complexity index is 2930. The van der Waals surface area contributed by atoms with E-state index in [2.05, 4.69) is 16.7 Å². The lowest BCUT2D eigenvalue weighted by Crippen LogP contribution is -2.70. The van der Waals surface area contributed by atoms with Crippen LogP contribution in [0.15, 0.2) is 0 Å². The first kappa shape index (κ1) is 74.5. The Labute approximate surface area is 497 Å². The zero-order valence-electron chi connectivity index (χ0n) is 44.4. The number of carboxylic acid groups (broad SMARTS) is 3. The monoisotopic (exact) mass is 1390 g/mol. The maximum absolute atomic E-state index is 12.8. The smallest absolute Gasteiger partial charge is 0.397 e. The van der Waals surface area contributed by atoms with E-state index in [0.29, 0.717) is 0 Å². The van der Waals surface area contributed by atoms with Gasteiger partial charge < -0.3 is 135 Å². The molecule has 89 heavy (non-hydrogen) atoms. The molecule has 0 aromatic carbocycles. The lowest BCUT2D eigenvalue weighted by molar-refractivity contribution is -0.376. The van der Waals surface area contributed by atoms with E-state index in [1.807, 2.05) is 5.32 Å². The van der Waals surface area contributed by atoms with Gasteiger partial charge in [-0.05, 0) is 0 Å². The molecular formula is C38H61N3O44S4. The van der Waals surface area contributed by atoms with Crippen LogP contribution >= 0.6 is 0 Å². The van der Waals surface area contributed by atoms with Crippen molar-refractivity contribution in [2.24, 2.45) is 11.5 Å². The Kier molecular flexibility index (Phi) is 24.6. The maximum atomic E-state index is 12.8. The predicted octanol–water partition coefficient (Wildman–Crippen LogP) is -14.4. The highest BCUT2D eigenvalue weighted by Gasteiger charge is 2.60. The van der Waals surface area contributed by atoms with Crippen molar-refractivity contribution < 1.29 is 206 Å². The molecular weight excluding hydrogens is 1330 g/mol. The van der Waals surface area contributed by atoms with Gasteiger partial charge in [-0.3, -0.25) is 23.0 Å². The minimum Gasteiger partial charge on any atom is -0.479 e. The van der Waals surface area contributed by atoms with Crippen molar-refractivity contribution in [2.75, 3.05) is 19.8 Å². The summed E-state index contributed by atoms with van der Waals surface area (Å²) in [6.07, 6.45) is -66.7. The Morgan fingerprint density at radius 2 is 0.775 bits per heavy atom. The molecule has 6 aliphatic rings. The van der Waals surface area contributed by atoms with Gasteiger partial charge in [-0.1, -0.05) is 0 Å². The summed E-state index contributed by atoms with van der Waals surface area (Å²) >= 11 is 0.